The summed E-state index contributed by atoms with van der Waals surface area (Å²) in [6.07, 6.45) is 5.53. The molecule has 104 valence electrons. The number of hydrogen-bond acceptors (Lipinski definition) is 4. The number of rotatable bonds is 3. The number of nitrogens with zero attached hydrogens (tertiary/aromatic N) is 3. The van der Waals surface area contributed by atoms with Crippen LogP contribution in [0.1, 0.15) is 12.8 Å². The molecule has 0 bridgehead atoms. The standard InChI is InChI=1S/C15H17FN4/c16-12-2-4-14(5-3-12)20-10-6-13(7-11-20)19-15-17-8-1-9-18-15/h1-5,8-9,13H,6-7,10-11H2,(H,17,18,19). The Kier molecular flexibility index (Phi) is 3.76. The molecule has 1 saturated heterocycles. The van der Waals surface area contributed by atoms with E-state index in [4.69, 9.17) is 0 Å². The summed E-state index contributed by atoms with van der Waals surface area (Å²) in [5.41, 5.74) is 1.08. The van der Waals surface area contributed by atoms with Crippen LogP contribution in [0.15, 0.2) is 42.7 Å². The highest BCUT2D eigenvalue weighted by molar-refractivity contribution is 5.46. The number of halogens is 1. The predicted molar refractivity (Wildman–Crippen MR) is 77.3 cm³/mol. The molecule has 1 fully saturated rings. The van der Waals surface area contributed by atoms with Gasteiger partial charge in [0.05, 0.1) is 0 Å². The van der Waals surface area contributed by atoms with Crippen LogP contribution in [0.2, 0.25) is 0 Å². The molecule has 1 N–H and O–H groups in total. The van der Waals surface area contributed by atoms with Crippen LogP contribution in [0.3, 0.4) is 0 Å². The fourth-order valence-electron chi connectivity index (χ4n) is 2.49. The van der Waals surface area contributed by atoms with Crippen LogP contribution in [0.25, 0.3) is 0 Å². The van der Waals surface area contributed by atoms with Crippen molar-refractivity contribution >= 4 is 11.6 Å². The Morgan fingerprint density at radius 1 is 1.05 bits per heavy atom. The molecule has 2 heterocycles. The van der Waals surface area contributed by atoms with Crippen LogP contribution in [0.4, 0.5) is 16.0 Å². The van der Waals surface area contributed by atoms with Gasteiger partial charge in [-0.15, -0.1) is 0 Å². The zero-order valence-electron chi connectivity index (χ0n) is 11.2. The molecule has 0 saturated carbocycles. The molecule has 1 aromatic heterocycles. The van der Waals surface area contributed by atoms with Crippen LogP contribution >= 0.6 is 0 Å². The lowest BCUT2D eigenvalue weighted by molar-refractivity contribution is 0.523. The lowest BCUT2D eigenvalue weighted by Gasteiger charge is -2.33. The Bertz CT molecular complexity index is 536. The molecule has 2 aromatic rings. The van der Waals surface area contributed by atoms with Gasteiger partial charge in [0.25, 0.3) is 0 Å². The molecule has 1 aliphatic heterocycles. The molecule has 0 amide bonds. The SMILES string of the molecule is Fc1ccc(N2CCC(Nc3ncccn3)CC2)cc1. The number of nitrogens with one attached hydrogen (secondary N) is 1. The van der Waals surface area contributed by atoms with E-state index >= 15 is 0 Å². The zero-order chi connectivity index (χ0) is 13.8. The number of benzene rings is 1. The Hall–Kier alpha value is -2.17. The van der Waals surface area contributed by atoms with E-state index in [9.17, 15) is 4.39 Å². The Labute approximate surface area is 117 Å². The summed E-state index contributed by atoms with van der Waals surface area (Å²) in [5.74, 6) is 0.499. The third-order valence-electron chi connectivity index (χ3n) is 3.59. The fourth-order valence-corrected chi connectivity index (χ4v) is 2.49. The van der Waals surface area contributed by atoms with E-state index in [2.05, 4.69) is 20.2 Å². The van der Waals surface area contributed by atoms with Gasteiger partial charge in [-0.25, -0.2) is 14.4 Å². The van der Waals surface area contributed by atoms with E-state index in [0.29, 0.717) is 12.0 Å². The molecule has 1 aliphatic rings. The van der Waals surface area contributed by atoms with Crippen LogP contribution in [-0.4, -0.2) is 29.1 Å². The minimum absolute atomic E-state index is 0.188. The summed E-state index contributed by atoms with van der Waals surface area (Å²) in [6, 6.07) is 8.90. The van der Waals surface area contributed by atoms with Crippen molar-refractivity contribution in [1.82, 2.24) is 9.97 Å². The summed E-state index contributed by atoms with van der Waals surface area (Å²) < 4.78 is 12.9. The van der Waals surface area contributed by atoms with Gasteiger partial charge >= 0.3 is 0 Å². The number of hydrogen-bond donors (Lipinski definition) is 1. The molecule has 20 heavy (non-hydrogen) atoms. The quantitative estimate of drug-likeness (QED) is 0.932. The molecule has 3 rings (SSSR count). The minimum Gasteiger partial charge on any atom is -0.371 e. The van der Waals surface area contributed by atoms with E-state index in [0.717, 1.165) is 31.6 Å². The minimum atomic E-state index is -0.188. The smallest absolute Gasteiger partial charge is 0.222 e. The van der Waals surface area contributed by atoms with Gasteiger partial charge in [0.2, 0.25) is 5.95 Å². The van der Waals surface area contributed by atoms with Gasteiger partial charge in [-0.3, -0.25) is 0 Å². The average molecular weight is 272 g/mol. The predicted octanol–water partition coefficient (Wildman–Crippen LogP) is 2.70. The van der Waals surface area contributed by atoms with Crippen molar-refractivity contribution in [2.75, 3.05) is 23.3 Å². The molecule has 1 aromatic carbocycles. The molecule has 0 radical (unpaired) electrons. The molecular weight excluding hydrogens is 255 g/mol. The normalized spacial score (nSPS) is 16.1. The molecular formula is C15H17FN4. The number of anilines is 2. The summed E-state index contributed by atoms with van der Waals surface area (Å²) in [7, 11) is 0. The molecule has 0 aliphatic carbocycles. The first-order valence-electron chi connectivity index (χ1n) is 6.85. The molecule has 0 atom stereocenters. The summed E-state index contributed by atoms with van der Waals surface area (Å²) in [5, 5.41) is 3.35. The van der Waals surface area contributed by atoms with Crippen molar-refractivity contribution in [2.45, 2.75) is 18.9 Å². The molecule has 4 nitrogen and oxygen atoms in total. The third-order valence-corrected chi connectivity index (χ3v) is 3.59. The number of piperidine rings is 1. The highest BCUT2D eigenvalue weighted by Gasteiger charge is 2.19. The van der Waals surface area contributed by atoms with Crippen LogP contribution < -0.4 is 10.2 Å². The third kappa shape index (κ3) is 3.04. The first-order valence-corrected chi connectivity index (χ1v) is 6.85. The van der Waals surface area contributed by atoms with E-state index in [1.165, 1.54) is 12.1 Å². The first-order chi connectivity index (χ1) is 9.81. The Balaban J connectivity index is 1.55. The second kappa shape index (κ2) is 5.86. The summed E-state index contributed by atoms with van der Waals surface area (Å²) in [4.78, 5) is 10.6. The number of aromatic nitrogens is 2. The first kappa shape index (κ1) is 12.8. The van der Waals surface area contributed by atoms with E-state index in [1.54, 1.807) is 12.4 Å². The van der Waals surface area contributed by atoms with Crippen molar-refractivity contribution < 1.29 is 4.39 Å². The fraction of sp³-hybridized carbons (Fsp3) is 0.333. The van der Waals surface area contributed by atoms with Crippen molar-refractivity contribution in [3.63, 3.8) is 0 Å². The second-order valence-electron chi connectivity index (χ2n) is 4.95. The molecule has 5 heteroatoms. The van der Waals surface area contributed by atoms with Crippen molar-refractivity contribution in [3.8, 4) is 0 Å². The van der Waals surface area contributed by atoms with Crippen molar-refractivity contribution in [1.29, 1.82) is 0 Å². The second-order valence-corrected chi connectivity index (χ2v) is 4.95. The molecule has 0 spiro atoms. The molecule has 0 unspecified atom stereocenters. The van der Waals surface area contributed by atoms with Crippen LogP contribution in [-0.2, 0) is 0 Å². The van der Waals surface area contributed by atoms with Gasteiger partial charge < -0.3 is 10.2 Å². The Morgan fingerprint density at radius 2 is 1.70 bits per heavy atom. The lowest BCUT2D eigenvalue weighted by atomic mass is 10.0. The van der Waals surface area contributed by atoms with Gasteiger partial charge in [-0.1, -0.05) is 0 Å². The van der Waals surface area contributed by atoms with Gasteiger partial charge in [0, 0.05) is 37.2 Å². The largest absolute Gasteiger partial charge is 0.371 e. The summed E-state index contributed by atoms with van der Waals surface area (Å²) in [6.45, 7) is 1.91. The highest BCUT2D eigenvalue weighted by atomic mass is 19.1. The van der Waals surface area contributed by atoms with Crippen molar-refractivity contribution in [2.24, 2.45) is 0 Å². The topological polar surface area (TPSA) is 41.0 Å². The monoisotopic (exact) mass is 272 g/mol. The highest BCUT2D eigenvalue weighted by Crippen LogP contribution is 2.21. The Morgan fingerprint density at radius 3 is 2.35 bits per heavy atom. The summed E-state index contributed by atoms with van der Waals surface area (Å²) >= 11 is 0. The van der Waals surface area contributed by atoms with Gasteiger partial charge in [0.15, 0.2) is 0 Å². The van der Waals surface area contributed by atoms with Gasteiger partial charge in [-0.05, 0) is 43.2 Å². The van der Waals surface area contributed by atoms with E-state index < -0.39 is 0 Å². The van der Waals surface area contributed by atoms with E-state index in [-0.39, 0.29) is 5.82 Å². The van der Waals surface area contributed by atoms with Crippen molar-refractivity contribution in [3.05, 3.63) is 48.5 Å². The van der Waals surface area contributed by atoms with Crippen LogP contribution in [0, 0.1) is 5.82 Å². The maximum Gasteiger partial charge on any atom is 0.222 e. The lowest BCUT2D eigenvalue weighted by Crippen LogP contribution is -2.39. The van der Waals surface area contributed by atoms with Gasteiger partial charge in [0.1, 0.15) is 5.82 Å². The van der Waals surface area contributed by atoms with E-state index in [1.807, 2.05) is 18.2 Å². The average Bonchev–Trinajstić information content (AvgIpc) is 2.50. The maximum absolute atomic E-state index is 12.9. The zero-order valence-corrected chi connectivity index (χ0v) is 11.2. The van der Waals surface area contributed by atoms with Gasteiger partial charge in [-0.2, -0.15) is 0 Å². The maximum atomic E-state index is 12.9. The van der Waals surface area contributed by atoms with Crippen LogP contribution in [0.5, 0.6) is 0 Å².